The fourth-order valence-corrected chi connectivity index (χ4v) is 2.65. The van der Waals surface area contributed by atoms with Crippen molar-refractivity contribution in [1.29, 1.82) is 0 Å². The van der Waals surface area contributed by atoms with E-state index in [0.29, 0.717) is 5.02 Å². The van der Waals surface area contributed by atoms with Crippen molar-refractivity contribution in [2.45, 2.75) is 39.3 Å². The SMILES string of the molecule is CCCNC(c1cnsn1)c1c(Cl)cnn1C(C)C. The van der Waals surface area contributed by atoms with Crippen LogP contribution in [0.4, 0.5) is 0 Å². The molecule has 5 nitrogen and oxygen atoms in total. The maximum atomic E-state index is 6.31. The summed E-state index contributed by atoms with van der Waals surface area (Å²) in [6, 6.07) is 0.191. The van der Waals surface area contributed by atoms with Gasteiger partial charge in [-0.3, -0.25) is 4.68 Å². The summed E-state index contributed by atoms with van der Waals surface area (Å²) in [7, 11) is 0. The molecule has 0 aliphatic heterocycles. The van der Waals surface area contributed by atoms with Gasteiger partial charge in [-0.2, -0.15) is 13.8 Å². The summed E-state index contributed by atoms with van der Waals surface area (Å²) in [5.41, 5.74) is 1.85. The van der Waals surface area contributed by atoms with Gasteiger partial charge < -0.3 is 5.32 Å². The second-order valence-electron chi connectivity index (χ2n) is 4.64. The first kappa shape index (κ1) is 14.4. The number of rotatable bonds is 6. The summed E-state index contributed by atoms with van der Waals surface area (Å²) in [5, 5.41) is 8.49. The van der Waals surface area contributed by atoms with E-state index in [1.54, 1.807) is 12.4 Å². The molecule has 19 heavy (non-hydrogen) atoms. The van der Waals surface area contributed by atoms with E-state index in [9.17, 15) is 0 Å². The molecule has 2 rings (SSSR count). The molecule has 0 fully saturated rings. The normalized spacial score (nSPS) is 13.1. The highest BCUT2D eigenvalue weighted by atomic mass is 35.5. The van der Waals surface area contributed by atoms with E-state index < -0.39 is 0 Å². The number of halogens is 1. The summed E-state index contributed by atoms with van der Waals surface area (Å²) >= 11 is 7.52. The van der Waals surface area contributed by atoms with Crippen LogP contribution in [0.25, 0.3) is 0 Å². The fourth-order valence-electron chi connectivity index (χ4n) is 1.96. The number of hydrogen-bond acceptors (Lipinski definition) is 5. The van der Waals surface area contributed by atoms with E-state index in [0.717, 1.165) is 24.4 Å². The molecular weight excluding hydrogens is 282 g/mol. The van der Waals surface area contributed by atoms with Crippen molar-refractivity contribution in [2.24, 2.45) is 0 Å². The highest BCUT2D eigenvalue weighted by molar-refractivity contribution is 6.99. The third-order valence-electron chi connectivity index (χ3n) is 2.82. The third kappa shape index (κ3) is 3.13. The fraction of sp³-hybridized carbons (Fsp3) is 0.583. The molecule has 0 aliphatic carbocycles. The molecule has 0 saturated heterocycles. The summed E-state index contributed by atoms with van der Waals surface area (Å²) in [4.78, 5) is 0. The van der Waals surface area contributed by atoms with Crippen LogP contribution in [0.3, 0.4) is 0 Å². The Labute approximate surface area is 122 Å². The van der Waals surface area contributed by atoms with Gasteiger partial charge in [-0.05, 0) is 26.8 Å². The van der Waals surface area contributed by atoms with Gasteiger partial charge in [0, 0.05) is 6.04 Å². The average molecular weight is 300 g/mol. The van der Waals surface area contributed by atoms with Crippen LogP contribution in [0.1, 0.15) is 50.7 Å². The van der Waals surface area contributed by atoms with Gasteiger partial charge in [0.1, 0.15) is 0 Å². The zero-order valence-corrected chi connectivity index (χ0v) is 12.9. The van der Waals surface area contributed by atoms with Gasteiger partial charge in [0.25, 0.3) is 0 Å². The molecule has 0 amide bonds. The van der Waals surface area contributed by atoms with E-state index in [1.165, 1.54) is 11.7 Å². The molecule has 2 heterocycles. The Morgan fingerprint density at radius 2 is 2.21 bits per heavy atom. The molecule has 1 unspecified atom stereocenters. The molecular formula is C12H18ClN5S. The summed E-state index contributed by atoms with van der Waals surface area (Å²) in [6.45, 7) is 7.19. The first-order valence-corrected chi connectivity index (χ1v) is 7.49. The molecule has 0 bridgehead atoms. The molecule has 2 aromatic rings. The van der Waals surface area contributed by atoms with Crippen molar-refractivity contribution >= 4 is 23.3 Å². The van der Waals surface area contributed by atoms with Gasteiger partial charge in [-0.25, -0.2) is 0 Å². The maximum Gasteiger partial charge on any atom is 0.0974 e. The predicted octanol–water partition coefficient (Wildman–Crippen LogP) is 3.06. The smallest absolute Gasteiger partial charge is 0.0974 e. The van der Waals surface area contributed by atoms with Crippen molar-refractivity contribution in [1.82, 2.24) is 23.8 Å². The Morgan fingerprint density at radius 3 is 2.79 bits per heavy atom. The van der Waals surface area contributed by atoms with Crippen LogP contribution in [0.2, 0.25) is 5.02 Å². The van der Waals surface area contributed by atoms with Gasteiger partial charge in [0.2, 0.25) is 0 Å². The molecule has 0 saturated carbocycles. The largest absolute Gasteiger partial charge is 0.304 e. The van der Waals surface area contributed by atoms with E-state index in [-0.39, 0.29) is 12.1 Å². The van der Waals surface area contributed by atoms with Gasteiger partial charge in [-0.15, -0.1) is 0 Å². The second kappa shape index (κ2) is 6.45. The lowest BCUT2D eigenvalue weighted by atomic mass is 10.1. The van der Waals surface area contributed by atoms with Gasteiger partial charge in [-0.1, -0.05) is 18.5 Å². The van der Waals surface area contributed by atoms with Crippen LogP contribution >= 0.6 is 23.3 Å². The molecule has 7 heteroatoms. The monoisotopic (exact) mass is 299 g/mol. The van der Waals surface area contributed by atoms with Crippen molar-refractivity contribution in [3.63, 3.8) is 0 Å². The standard InChI is InChI=1S/C12H18ClN5S/c1-4-5-14-11(10-7-16-19-17-10)12-9(13)6-15-18(12)8(2)3/h6-8,11,14H,4-5H2,1-3H3. The summed E-state index contributed by atoms with van der Waals surface area (Å²) < 4.78 is 10.4. The summed E-state index contributed by atoms with van der Waals surface area (Å²) in [5.74, 6) is 0. The Bertz CT molecular complexity index is 508. The van der Waals surface area contributed by atoms with Crippen molar-refractivity contribution in [2.75, 3.05) is 6.54 Å². The average Bonchev–Trinajstić information content (AvgIpc) is 3.01. The number of aromatic nitrogens is 4. The van der Waals surface area contributed by atoms with Crippen LogP contribution < -0.4 is 5.32 Å². The zero-order valence-electron chi connectivity index (χ0n) is 11.3. The van der Waals surface area contributed by atoms with E-state index in [1.807, 2.05) is 4.68 Å². The maximum absolute atomic E-state index is 6.31. The van der Waals surface area contributed by atoms with Crippen LogP contribution in [0.15, 0.2) is 12.4 Å². The molecule has 1 N–H and O–H groups in total. The van der Waals surface area contributed by atoms with E-state index >= 15 is 0 Å². The quantitative estimate of drug-likeness (QED) is 0.890. The predicted molar refractivity (Wildman–Crippen MR) is 77.7 cm³/mol. The van der Waals surface area contributed by atoms with Crippen LogP contribution in [-0.2, 0) is 0 Å². The van der Waals surface area contributed by atoms with E-state index in [2.05, 4.69) is 39.9 Å². The van der Waals surface area contributed by atoms with Gasteiger partial charge in [0.05, 0.1) is 46.6 Å². The minimum atomic E-state index is -0.0592. The topological polar surface area (TPSA) is 55.6 Å². The summed E-state index contributed by atoms with van der Waals surface area (Å²) in [6.07, 6.45) is 4.52. The Hall–Kier alpha value is -0.980. The Balaban J connectivity index is 2.40. The first-order valence-electron chi connectivity index (χ1n) is 6.38. The van der Waals surface area contributed by atoms with Gasteiger partial charge in [0.15, 0.2) is 0 Å². The van der Waals surface area contributed by atoms with Crippen LogP contribution in [-0.4, -0.2) is 25.1 Å². The lowest BCUT2D eigenvalue weighted by molar-refractivity contribution is 0.469. The highest BCUT2D eigenvalue weighted by Gasteiger charge is 2.24. The highest BCUT2D eigenvalue weighted by Crippen LogP contribution is 2.29. The minimum absolute atomic E-state index is 0.0592. The third-order valence-corrected chi connectivity index (χ3v) is 3.61. The Morgan fingerprint density at radius 1 is 1.42 bits per heavy atom. The number of nitrogens with one attached hydrogen (secondary N) is 1. The lowest BCUT2D eigenvalue weighted by Crippen LogP contribution is -2.27. The molecule has 0 spiro atoms. The molecule has 0 radical (unpaired) electrons. The van der Waals surface area contributed by atoms with Crippen molar-refractivity contribution in [3.8, 4) is 0 Å². The molecule has 2 aromatic heterocycles. The van der Waals surface area contributed by atoms with Crippen LogP contribution in [0, 0.1) is 0 Å². The van der Waals surface area contributed by atoms with Crippen molar-refractivity contribution in [3.05, 3.63) is 28.8 Å². The minimum Gasteiger partial charge on any atom is -0.304 e. The number of nitrogens with zero attached hydrogens (tertiary/aromatic N) is 4. The van der Waals surface area contributed by atoms with E-state index in [4.69, 9.17) is 11.6 Å². The second-order valence-corrected chi connectivity index (χ2v) is 5.60. The Kier molecular flexibility index (Phi) is 4.90. The molecule has 1 atom stereocenters. The van der Waals surface area contributed by atoms with Crippen LogP contribution in [0.5, 0.6) is 0 Å². The molecule has 0 aliphatic rings. The lowest BCUT2D eigenvalue weighted by Gasteiger charge is -2.20. The number of hydrogen-bond donors (Lipinski definition) is 1. The molecule has 104 valence electrons. The van der Waals surface area contributed by atoms with Gasteiger partial charge >= 0.3 is 0 Å². The first-order chi connectivity index (χ1) is 9.15. The zero-order chi connectivity index (χ0) is 13.8. The molecule has 0 aromatic carbocycles. The van der Waals surface area contributed by atoms with Crippen molar-refractivity contribution < 1.29 is 0 Å².